The lowest BCUT2D eigenvalue weighted by molar-refractivity contribution is -0.117. The molecule has 3 rings (SSSR count). The second kappa shape index (κ2) is 13.2. The minimum atomic E-state index is -0.0863. The van der Waals surface area contributed by atoms with Crippen molar-refractivity contribution in [3.8, 4) is 0 Å². The van der Waals surface area contributed by atoms with Gasteiger partial charge in [0.2, 0.25) is 0 Å². The van der Waals surface area contributed by atoms with E-state index in [0.717, 1.165) is 43.3 Å². The van der Waals surface area contributed by atoms with Gasteiger partial charge in [-0.1, -0.05) is 64.6 Å². The number of nitrogens with one attached hydrogen (secondary N) is 2. The van der Waals surface area contributed by atoms with Crippen molar-refractivity contribution in [2.75, 3.05) is 38.5 Å². The van der Waals surface area contributed by atoms with Crippen molar-refractivity contribution in [1.82, 2.24) is 15.5 Å². The van der Waals surface area contributed by atoms with Gasteiger partial charge in [0.05, 0.1) is 5.70 Å². The van der Waals surface area contributed by atoms with Crippen LogP contribution in [-0.4, -0.2) is 55.1 Å². The molecule has 1 saturated heterocycles. The molecule has 1 fully saturated rings. The lowest BCUT2D eigenvalue weighted by Crippen LogP contribution is -2.46. The lowest BCUT2D eigenvalue weighted by atomic mass is 10.1. The summed E-state index contributed by atoms with van der Waals surface area (Å²) in [6.07, 6.45) is 5.69. The van der Waals surface area contributed by atoms with Crippen molar-refractivity contribution in [2.24, 2.45) is 10.9 Å². The van der Waals surface area contributed by atoms with Crippen molar-refractivity contribution in [1.29, 1.82) is 0 Å². The molecule has 2 N–H and O–H groups in total. The number of hydrogen-bond donors (Lipinski definition) is 2. The van der Waals surface area contributed by atoms with Gasteiger partial charge in [-0.3, -0.25) is 4.79 Å². The molecule has 0 saturated carbocycles. The van der Waals surface area contributed by atoms with Gasteiger partial charge in [-0.25, -0.2) is 4.99 Å². The normalized spacial score (nSPS) is 19.6. The first-order valence-electron chi connectivity index (χ1n) is 11.2. The Morgan fingerprint density at radius 3 is 2.68 bits per heavy atom. The van der Waals surface area contributed by atoms with E-state index in [1.165, 1.54) is 4.90 Å². The third-order valence-corrected chi connectivity index (χ3v) is 5.71. The molecular formula is C25H36N4OS. The number of carbonyl (C=O) groups excluding carboxylic acids is 1. The van der Waals surface area contributed by atoms with Crippen LogP contribution < -0.4 is 10.6 Å². The Hall–Kier alpha value is -2.31. The summed E-state index contributed by atoms with van der Waals surface area (Å²) < 4.78 is 0. The van der Waals surface area contributed by atoms with E-state index >= 15 is 0 Å². The minimum absolute atomic E-state index is 0.0863. The molecule has 2 heterocycles. The summed E-state index contributed by atoms with van der Waals surface area (Å²) in [5, 5.41) is 6.39. The van der Waals surface area contributed by atoms with Gasteiger partial charge in [0.25, 0.3) is 5.91 Å². The van der Waals surface area contributed by atoms with Gasteiger partial charge in [0.1, 0.15) is 5.84 Å². The molecule has 0 atom stereocenters. The molecule has 1 aromatic carbocycles. The molecule has 0 bridgehead atoms. The topological polar surface area (TPSA) is 56.7 Å². The summed E-state index contributed by atoms with van der Waals surface area (Å²) in [4.78, 5) is 21.0. The highest BCUT2D eigenvalue weighted by Crippen LogP contribution is 2.26. The molecular weight excluding hydrogens is 404 g/mol. The van der Waals surface area contributed by atoms with Gasteiger partial charge in [-0.15, -0.1) is 11.8 Å². The van der Waals surface area contributed by atoms with Gasteiger partial charge in [0, 0.05) is 54.5 Å². The van der Waals surface area contributed by atoms with E-state index in [-0.39, 0.29) is 5.91 Å². The van der Waals surface area contributed by atoms with Gasteiger partial charge in [-0.2, -0.15) is 0 Å². The number of benzene rings is 1. The van der Waals surface area contributed by atoms with Gasteiger partial charge in [0.15, 0.2) is 0 Å². The van der Waals surface area contributed by atoms with E-state index in [4.69, 9.17) is 4.99 Å². The predicted molar refractivity (Wildman–Crippen MR) is 134 cm³/mol. The summed E-state index contributed by atoms with van der Waals surface area (Å²) in [5.41, 5.74) is 2.29. The Labute approximate surface area is 191 Å². The van der Waals surface area contributed by atoms with Crippen LogP contribution in [0.3, 0.4) is 0 Å². The third kappa shape index (κ3) is 7.71. The molecule has 5 nitrogen and oxygen atoms in total. The van der Waals surface area contributed by atoms with Crippen LogP contribution in [-0.2, 0) is 4.79 Å². The average Bonchev–Trinajstić information content (AvgIpc) is 2.82. The van der Waals surface area contributed by atoms with Crippen molar-refractivity contribution in [3.63, 3.8) is 0 Å². The first-order valence-corrected chi connectivity index (χ1v) is 12.1. The predicted octanol–water partition coefficient (Wildman–Crippen LogP) is 4.24. The molecule has 0 aromatic heterocycles. The van der Waals surface area contributed by atoms with Crippen LogP contribution in [0.25, 0.3) is 0 Å². The Morgan fingerprint density at radius 1 is 1.26 bits per heavy atom. The molecule has 0 aliphatic carbocycles. The van der Waals surface area contributed by atoms with Crippen molar-refractivity contribution in [2.45, 2.75) is 32.6 Å². The molecule has 2 aliphatic rings. The van der Waals surface area contributed by atoms with E-state index in [1.807, 2.05) is 26.0 Å². The zero-order chi connectivity index (χ0) is 22.6. The minimum Gasteiger partial charge on any atom is -0.354 e. The van der Waals surface area contributed by atoms with Crippen molar-refractivity contribution >= 4 is 23.5 Å². The maximum Gasteiger partial charge on any atom is 0.251 e. The molecule has 0 radical (unpaired) electrons. The van der Waals surface area contributed by atoms with Crippen molar-refractivity contribution < 1.29 is 4.79 Å². The largest absolute Gasteiger partial charge is 0.354 e. The van der Waals surface area contributed by atoms with Crippen LogP contribution in [0.4, 0.5) is 0 Å². The molecule has 0 spiro atoms. The summed E-state index contributed by atoms with van der Waals surface area (Å²) >= 11 is 1.76. The number of carbonyl (C=O) groups is 1. The Morgan fingerprint density at radius 2 is 1.97 bits per heavy atom. The quantitative estimate of drug-likeness (QED) is 0.738. The Bertz CT molecular complexity index is 836. The highest BCUT2D eigenvalue weighted by Gasteiger charge is 2.20. The van der Waals surface area contributed by atoms with Crippen molar-refractivity contribution in [3.05, 3.63) is 65.9 Å². The van der Waals surface area contributed by atoms with Crippen LogP contribution in [0.1, 0.15) is 33.3 Å². The van der Waals surface area contributed by atoms with Gasteiger partial charge in [-0.05, 0) is 18.1 Å². The smallest absolute Gasteiger partial charge is 0.251 e. The number of amidine groups is 1. The Balaban J connectivity index is 0.00000166. The highest BCUT2D eigenvalue weighted by molar-refractivity contribution is 7.99. The molecule has 1 aromatic rings. The number of piperazine rings is 1. The second-order valence-electron chi connectivity index (χ2n) is 7.58. The molecule has 31 heavy (non-hydrogen) atoms. The SMILES string of the molecule is C=C1/C=C(C(=O)NCC(C)C)\C=C/CSc2ccccc2C(N2CCNCC2)=N1.CC. The van der Waals surface area contributed by atoms with E-state index < -0.39 is 0 Å². The number of hydrogen-bond acceptors (Lipinski definition) is 5. The fraction of sp³-hybridized carbons (Fsp3) is 0.440. The summed E-state index contributed by atoms with van der Waals surface area (Å²) in [6, 6.07) is 8.37. The van der Waals surface area contributed by atoms with Crippen LogP contribution in [0.15, 0.2) is 70.2 Å². The molecule has 1 amide bonds. The fourth-order valence-corrected chi connectivity index (χ4v) is 4.07. The zero-order valence-electron chi connectivity index (χ0n) is 19.3. The highest BCUT2D eigenvalue weighted by atomic mass is 32.2. The molecule has 0 unspecified atom stereocenters. The fourth-order valence-electron chi connectivity index (χ4n) is 3.20. The maximum absolute atomic E-state index is 12.7. The van der Waals surface area contributed by atoms with Crippen LogP contribution in [0.5, 0.6) is 0 Å². The van der Waals surface area contributed by atoms with E-state index in [0.29, 0.717) is 23.7 Å². The molecule has 6 heteroatoms. The van der Waals surface area contributed by atoms with Crippen LogP contribution >= 0.6 is 11.8 Å². The first kappa shape index (κ1) is 25.0. The van der Waals surface area contributed by atoms with Crippen LogP contribution in [0.2, 0.25) is 0 Å². The van der Waals surface area contributed by atoms with Gasteiger partial charge < -0.3 is 15.5 Å². The summed E-state index contributed by atoms with van der Waals surface area (Å²) in [5.74, 6) is 2.03. The van der Waals surface area contributed by atoms with Crippen LogP contribution in [0, 0.1) is 5.92 Å². The number of allylic oxidation sites excluding steroid dienone is 1. The third-order valence-electron chi connectivity index (χ3n) is 4.68. The zero-order valence-corrected chi connectivity index (χ0v) is 20.1. The molecule has 2 aliphatic heterocycles. The summed E-state index contributed by atoms with van der Waals surface area (Å²) in [6.45, 7) is 16.6. The van der Waals surface area contributed by atoms with Gasteiger partial charge >= 0.3 is 0 Å². The lowest BCUT2D eigenvalue weighted by Gasteiger charge is -2.31. The number of aliphatic imine (C=N–C) groups is 1. The second-order valence-corrected chi connectivity index (χ2v) is 8.64. The number of thioether (sulfide) groups is 1. The number of amides is 1. The monoisotopic (exact) mass is 440 g/mol. The maximum atomic E-state index is 12.7. The standard InChI is InChI=1S/C23H30N4OS.C2H6/c1-17(2)16-25-23(28)19-7-6-14-29-21-9-5-4-8-20(21)22(26-18(3)15-19)27-12-10-24-11-13-27;1-2/h4-9,15,17,24H,3,10-14,16H2,1-2H3,(H,25,28);1-2H3/b7-6-,19-15+,26-22?;. The number of nitrogens with zero attached hydrogens (tertiary/aromatic N) is 2. The summed E-state index contributed by atoms with van der Waals surface area (Å²) in [7, 11) is 0. The molecule has 168 valence electrons. The Kier molecular flexibility index (Phi) is 10.6. The van der Waals surface area contributed by atoms with E-state index in [1.54, 1.807) is 17.8 Å². The van der Waals surface area contributed by atoms with E-state index in [9.17, 15) is 4.79 Å². The average molecular weight is 441 g/mol. The van der Waals surface area contributed by atoms with E-state index in [2.05, 4.69) is 60.2 Å². The number of fused-ring (bicyclic) bond motifs is 1. The first-order chi connectivity index (χ1) is 15.0. The number of rotatable bonds is 3.